The summed E-state index contributed by atoms with van der Waals surface area (Å²) in [4.78, 5) is 12.8. The van der Waals surface area contributed by atoms with E-state index in [0.29, 0.717) is 11.4 Å². The molecule has 0 unspecified atom stereocenters. The summed E-state index contributed by atoms with van der Waals surface area (Å²) in [5.74, 6) is 0.163. The molecule has 1 N–H and O–H groups in total. The van der Waals surface area contributed by atoms with Crippen LogP contribution in [0.4, 0.5) is 15.8 Å². The van der Waals surface area contributed by atoms with Crippen LogP contribution in [-0.4, -0.2) is 34.1 Å². The third kappa shape index (κ3) is 6.10. The maximum Gasteiger partial charge on any atom is 0.264 e. The molecule has 0 aromatic heterocycles. The molecule has 1 amide bonds. The summed E-state index contributed by atoms with van der Waals surface area (Å²) in [6, 6.07) is 17.7. The number of benzene rings is 3. The van der Waals surface area contributed by atoms with Crippen molar-refractivity contribution in [2.45, 2.75) is 36.7 Å². The number of nitrogens with one attached hydrogen (secondary N) is 1. The van der Waals surface area contributed by atoms with Crippen LogP contribution in [0.3, 0.4) is 0 Å². The van der Waals surface area contributed by atoms with Crippen LogP contribution in [0.25, 0.3) is 0 Å². The Bertz CT molecular complexity index is 1240. The van der Waals surface area contributed by atoms with Crippen LogP contribution in [0, 0.1) is 5.82 Å². The maximum atomic E-state index is 13.5. The van der Waals surface area contributed by atoms with E-state index in [0.717, 1.165) is 35.0 Å². The number of rotatable bonds is 9. The first-order valence-corrected chi connectivity index (χ1v) is 12.8. The van der Waals surface area contributed by atoms with Crippen molar-refractivity contribution in [2.24, 2.45) is 0 Å². The number of amides is 1. The van der Waals surface area contributed by atoms with Crippen LogP contribution in [0.15, 0.2) is 77.7 Å². The summed E-state index contributed by atoms with van der Waals surface area (Å²) < 4.78 is 52.3. The molecule has 0 heterocycles. The number of sulfonamides is 1. The number of hydrogen-bond acceptors (Lipinski definition) is 5. The lowest BCUT2D eigenvalue weighted by Gasteiger charge is -2.24. The van der Waals surface area contributed by atoms with Crippen LogP contribution in [0.5, 0.6) is 11.5 Å². The van der Waals surface area contributed by atoms with E-state index in [9.17, 15) is 17.6 Å². The average Bonchev–Trinajstić information content (AvgIpc) is 3.37. The maximum absolute atomic E-state index is 13.5. The number of halogens is 1. The number of carbonyl (C=O) groups excluding carboxylic acids is 1. The molecular weight excluding hydrogens is 471 g/mol. The van der Waals surface area contributed by atoms with Gasteiger partial charge in [0.25, 0.3) is 10.0 Å². The molecule has 1 aliphatic rings. The van der Waals surface area contributed by atoms with E-state index < -0.39 is 28.3 Å². The first-order chi connectivity index (χ1) is 16.8. The van der Waals surface area contributed by atoms with E-state index >= 15 is 0 Å². The Morgan fingerprint density at radius 3 is 2.14 bits per heavy atom. The quantitative estimate of drug-likeness (QED) is 0.449. The van der Waals surface area contributed by atoms with Gasteiger partial charge in [0.2, 0.25) is 5.91 Å². The highest BCUT2D eigenvalue weighted by Crippen LogP contribution is 2.27. The fourth-order valence-corrected chi connectivity index (χ4v) is 5.36. The van der Waals surface area contributed by atoms with Crippen molar-refractivity contribution in [3.8, 4) is 11.5 Å². The van der Waals surface area contributed by atoms with E-state index in [-0.39, 0.29) is 16.7 Å². The molecule has 0 aliphatic heterocycles. The number of nitrogens with zero attached hydrogens (tertiary/aromatic N) is 1. The molecule has 4 rings (SSSR count). The third-order valence-electron chi connectivity index (χ3n) is 5.79. The lowest BCUT2D eigenvalue weighted by molar-refractivity contribution is -0.114. The van der Waals surface area contributed by atoms with Gasteiger partial charge in [-0.25, -0.2) is 12.8 Å². The average molecular weight is 499 g/mol. The molecule has 7 nitrogen and oxygen atoms in total. The Morgan fingerprint density at radius 1 is 0.943 bits per heavy atom. The zero-order valence-corrected chi connectivity index (χ0v) is 20.1. The Kier molecular flexibility index (Phi) is 7.55. The molecular formula is C26H27FN2O5S. The van der Waals surface area contributed by atoms with Gasteiger partial charge in [-0.2, -0.15) is 0 Å². The van der Waals surface area contributed by atoms with Gasteiger partial charge < -0.3 is 14.8 Å². The van der Waals surface area contributed by atoms with E-state index in [4.69, 9.17) is 9.47 Å². The lowest BCUT2D eigenvalue weighted by Crippen LogP contribution is -2.38. The minimum Gasteiger partial charge on any atom is -0.497 e. The summed E-state index contributed by atoms with van der Waals surface area (Å²) in [5, 5.41) is 2.72. The molecule has 1 fully saturated rings. The SMILES string of the molecule is COc1ccc(S(=O)(=O)N(CC(=O)Nc2ccc(OC3CCCC3)cc2)c2ccc(F)cc2)cc1. The van der Waals surface area contributed by atoms with Gasteiger partial charge in [0, 0.05) is 5.69 Å². The zero-order valence-electron chi connectivity index (χ0n) is 19.3. The van der Waals surface area contributed by atoms with Gasteiger partial charge in [0.15, 0.2) is 0 Å². The Balaban J connectivity index is 1.51. The second kappa shape index (κ2) is 10.8. The van der Waals surface area contributed by atoms with Crippen molar-refractivity contribution in [1.29, 1.82) is 0 Å². The fourth-order valence-electron chi connectivity index (χ4n) is 3.94. The highest BCUT2D eigenvalue weighted by atomic mass is 32.2. The largest absolute Gasteiger partial charge is 0.497 e. The fraction of sp³-hybridized carbons (Fsp3) is 0.269. The summed E-state index contributed by atoms with van der Waals surface area (Å²) in [6.45, 7) is -0.500. The van der Waals surface area contributed by atoms with Crippen molar-refractivity contribution >= 4 is 27.3 Å². The molecule has 3 aromatic rings. The standard InChI is InChI=1S/C26H27FN2O5S/c1-33-22-14-16-25(17-15-22)35(31,32)29(21-10-6-19(27)7-11-21)18-26(30)28-20-8-12-24(13-9-20)34-23-4-2-3-5-23/h6-17,23H,2-5,18H2,1H3,(H,28,30). The van der Waals surface area contributed by atoms with Crippen molar-refractivity contribution in [3.63, 3.8) is 0 Å². The Labute approximate surface area is 204 Å². The highest BCUT2D eigenvalue weighted by Gasteiger charge is 2.27. The molecule has 3 aromatic carbocycles. The zero-order chi connectivity index (χ0) is 24.8. The third-order valence-corrected chi connectivity index (χ3v) is 7.58. The number of carbonyl (C=O) groups is 1. The van der Waals surface area contributed by atoms with Crippen LogP contribution >= 0.6 is 0 Å². The van der Waals surface area contributed by atoms with E-state index in [1.807, 2.05) is 0 Å². The predicted octanol–water partition coefficient (Wildman–Crippen LogP) is 4.99. The van der Waals surface area contributed by atoms with Crippen LogP contribution in [0.1, 0.15) is 25.7 Å². The lowest BCUT2D eigenvalue weighted by atomic mass is 10.2. The van der Waals surface area contributed by atoms with E-state index in [1.54, 1.807) is 24.3 Å². The topological polar surface area (TPSA) is 84.9 Å². The number of hydrogen-bond donors (Lipinski definition) is 1. The molecule has 0 bridgehead atoms. The van der Waals surface area contributed by atoms with Crippen LogP contribution in [-0.2, 0) is 14.8 Å². The van der Waals surface area contributed by atoms with E-state index in [1.165, 1.54) is 56.3 Å². The normalized spacial score (nSPS) is 13.9. The monoisotopic (exact) mass is 498 g/mol. The first kappa shape index (κ1) is 24.5. The van der Waals surface area contributed by atoms with Crippen molar-refractivity contribution < 1.29 is 27.1 Å². The smallest absolute Gasteiger partial charge is 0.264 e. The molecule has 0 spiro atoms. The van der Waals surface area contributed by atoms with Crippen LogP contribution < -0.4 is 19.1 Å². The first-order valence-electron chi connectivity index (χ1n) is 11.3. The summed E-state index contributed by atoms with van der Waals surface area (Å²) in [5.41, 5.74) is 0.673. The number of ether oxygens (including phenoxy) is 2. The molecule has 0 saturated heterocycles. The summed E-state index contributed by atoms with van der Waals surface area (Å²) in [6.07, 6.45) is 4.65. The summed E-state index contributed by atoms with van der Waals surface area (Å²) >= 11 is 0. The second-order valence-electron chi connectivity index (χ2n) is 8.26. The molecule has 184 valence electrons. The second-order valence-corrected chi connectivity index (χ2v) is 10.1. The number of anilines is 2. The van der Waals surface area contributed by atoms with Crippen LogP contribution in [0.2, 0.25) is 0 Å². The van der Waals surface area contributed by atoms with Gasteiger partial charge >= 0.3 is 0 Å². The minimum atomic E-state index is -4.12. The molecule has 0 radical (unpaired) electrons. The number of methoxy groups -OCH3 is 1. The molecule has 9 heteroatoms. The van der Waals surface area contributed by atoms with Crippen molar-refractivity contribution in [1.82, 2.24) is 0 Å². The minimum absolute atomic E-state index is 0.0242. The predicted molar refractivity (Wildman–Crippen MR) is 132 cm³/mol. The van der Waals surface area contributed by atoms with Gasteiger partial charge in [0.1, 0.15) is 23.9 Å². The molecule has 0 atom stereocenters. The molecule has 1 saturated carbocycles. The van der Waals surface area contributed by atoms with Gasteiger partial charge in [-0.3, -0.25) is 9.10 Å². The Morgan fingerprint density at radius 2 is 1.54 bits per heavy atom. The van der Waals surface area contributed by atoms with E-state index in [2.05, 4.69) is 5.32 Å². The highest BCUT2D eigenvalue weighted by molar-refractivity contribution is 7.92. The van der Waals surface area contributed by atoms with Crippen molar-refractivity contribution in [2.75, 3.05) is 23.3 Å². The molecule has 1 aliphatic carbocycles. The van der Waals surface area contributed by atoms with Gasteiger partial charge in [-0.1, -0.05) is 0 Å². The Hall–Kier alpha value is -3.59. The van der Waals surface area contributed by atoms with Gasteiger partial charge in [-0.05, 0) is 98.5 Å². The molecule has 35 heavy (non-hydrogen) atoms. The van der Waals surface area contributed by atoms with Gasteiger partial charge in [0.05, 0.1) is 23.8 Å². The van der Waals surface area contributed by atoms with Gasteiger partial charge in [-0.15, -0.1) is 0 Å². The van der Waals surface area contributed by atoms with Crippen molar-refractivity contribution in [3.05, 3.63) is 78.6 Å². The summed E-state index contributed by atoms with van der Waals surface area (Å²) in [7, 11) is -2.65.